The van der Waals surface area contributed by atoms with Crippen molar-refractivity contribution in [1.82, 2.24) is 10.2 Å². The van der Waals surface area contributed by atoms with Crippen LogP contribution in [0.4, 0.5) is 0 Å². The number of rotatable bonds is 5. The SMILES string of the molecule is CCC1CN(C(=O)CCSC)C(CC)CN1. The Bertz CT molecular complexity index is 223. The second kappa shape index (κ2) is 7.17. The molecule has 0 spiro atoms. The summed E-state index contributed by atoms with van der Waals surface area (Å²) in [4.78, 5) is 14.2. The number of hydrogen-bond acceptors (Lipinski definition) is 3. The standard InChI is InChI=1S/C12H24N2OS/c1-4-10-9-14(11(5-2)8-13-10)12(15)6-7-16-3/h10-11,13H,4-9H2,1-3H3. The molecule has 0 aromatic rings. The van der Waals surface area contributed by atoms with Crippen molar-refractivity contribution < 1.29 is 4.79 Å². The molecule has 3 nitrogen and oxygen atoms in total. The number of amides is 1. The molecule has 1 aliphatic rings. The highest BCUT2D eigenvalue weighted by molar-refractivity contribution is 7.98. The Morgan fingerprint density at radius 3 is 2.75 bits per heavy atom. The number of carbonyl (C=O) groups is 1. The Morgan fingerprint density at radius 1 is 1.44 bits per heavy atom. The molecular formula is C12H24N2OS. The van der Waals surface area contributed by atoms with Crippen molar-refractivity contribution in [3.8, 4) is 0 Å². The van der Waals surface area contributed by atoms with E-state index in [1.165, 1.54) is 0 Å². The van der Waals surface area contributed by atoms with Gasteiger partial charge in [0.05, 0.1) is 0 Å². The van der Waals surface area contributed by atoms with Crippen molar-refractivity contribution >= 4 is 17.7 Å². The molecule has 1 aliphatic heterocycles. The number of hydrogen-bond donors (Lipinski definition) is 1. The van der Waals surface area contributed by atoms with Crippen LogP contribution in [0.2, 0.25) is 0 Å². The van der Waals surface area contributed by atoms with Gasteiger partial charge in [-0.25, -0.2) is 0 Å². The van der Waals surface area contributed by atoms with Gasteiger partial charge in [-0.3, -0.25) is 4.79 Å². The van der Waals surface area contributed by atoms with Crippen LogP contribution in [-0.2, 0) is 4.79 Å². The third kappa shape index (κ3) is 3.67. The molecule has 0 aliphatic carbocycles. The Balaban J connectivity index is 2.53. The largest absolute Gasteiger partial charge is 0.337 e. The van der Waals surface area contributed by atoms with Crippen molar-refractivity contribution in [2.45, 2.75) is 45.2 Å². The Morgan fingerprint density at radius 2 is 2.19 bits per heavy atom. The molecular weight excluding hydrogens is 220 g/mol. The summed E-state index contributed by atoms with van der Waals surface area (Å²) in [7, 11) is 0. The maximum absolute atomic E-state index is 12.1. The monoisotopic (exact) mass is 244 g/mol. The van der Waals surface area contributed by atoms with Gasteiger partial charge in [-0.2, -0.15) is 11.8 Å². The predicted molar refractivity (Wildman–Crippen MR) is 70.9 cm³/mol. The summed E-state index contributed by atoms with van der Waals surface area (Å²) in [5, 5.41) is 3.51. The lowest BCUT2D eigenvalue weighted by molar-refractivity contribution is -0.134. The molecule has 0 saturated carbocycles. The Hall–Kier alpha value is -0.220. The van der Waals surface area contributed by atoms with E-state index in [9.17, 15) is 4.79 Å². The highest BCUT2D eigenvalue weighted by Crippen LogP contribution is 2.14. The Labute approximate surface area is 103 Å². The molecule has 1 N–H and O–H groups in total. The normalized spacial score (nSPS) is 25.8. The second-order valence-electron chi connectivity index (χ2n) is 4.36. The molecule has 1 heterocycles. The van der Waals surface area contributed by atoms with E-state index in [0.29, 0.717) is 24.4 Å². The molecule has 2 atom stereocenters. The Kier molecular flexibility index (Phi) is 6.21. The van der Waals surface area contributed by atoms with Gasteiger partial charge < -0.3 is 10.2 Å². The quantitative estimate of drug-likeness (QED) is 0.799. The summed E-state index contributed by atoms with van der Waals surface area (Å²) in [6, 6.07) is 0.887. The molecule has 0 aromatic heterocycles. The van der Waals surface area contributed by atoms with Gasteiger partial charge in [0.2, 0.25) is 5.91 Å². The first kappa shape index (κ1) is 13.8. The molecule has 1 fully saturated rings. The molecule has 4 heteroatoms. The highest BCUT2D eigenvalue weighted by Gasteiger charge is 2.28. The van der Waals surface area contributed by atoms with Gasteiger partial charge in [0.15, 0.2) is 0 Å². The third-order valence-electron chi connectivity index (χ3n) is 3.30. The van der Waals surface area contributed by atoms with Crippen molar-refractivity contribution in [2.24, 2.45) is 0 Å². The first-order chi connectivity index (χ1) is 7.72. The summed E-state index contributed by atoms with van der Waals surface area (Å²) in [5.41, 5.74) is 0. The minimum Gasteiger partial charge on any atom is -0.337 e. The van der Waals surface area contributed by atoms with Gasteiger partial charge in [-0.05, 0) is 19.1 Å². The zero-order valence-corrected chi connectivity index (χ0v) is 11.5. The minimum atomic E-state index is 0.334. The molecule has 0 aromatic carbocycles. The van der Waals surface area contributed by atoms with E-state index in [0.717, 1.165) is 31.7 Å². The van der Waals surface area contributed by atoms with E-state index in [2.05, 4.69) is 30.3 Å². The first-order valence-corrected chi connectivity index (χ1v) is 7.64. The van der Waals surface area contributed by atoms with E-state index in [1.54, 1.807) is 11.8 Å². The topological polar surface area (TPSA) is 32.3 Å². The van der Waals surface area contributed by atoms with E-state index >= 15 is 0 Å². The number of nitrogens with zero attached hydrogens (tertiary/aromatic N) is 1. The number of nitrogens with one attached hydrogen (secondary N) is 1. The third-order valence-corrected chi connectivity index (χ3v) is 3.92. The van der Waals surface area contributed by atoms with Crippen molar-refractivity contribution in [3.63, 3.8) is 0 Å². The molecule has 1 amide bonds. The molecule has 0 bridgehead atoms. The predicted octanol–water partition coefficient (Wildman–Crippen LogP) is 1.73. The van der Waals surface area contributed by atoms with E-state index in [1.807, 2.05) is 0 Å². The lowest BCUT2D eigenvalue weighted by Gasteiger charge is -2.40. The van der Waals surface area contributed by atoms with Crippen LogP contribution >= 0.6 is 11.8 Å². The van der Waals surface area contributed by atoms with Crippen LogP contribution in [0.15, 0.2) is 0 Å². The number of piperazine rings is 1. The number of thioether (sulfide) groups is 1. The lowest BCUT2D eigenvalue weighted by Crippen LogP contribution is -2.57. The summed E-state index contributed by atoms with van der Waals surface area (Å²) >= 11 is 1.75. The van der Waals surface area contributed by atoms with Gasteiger partial charge in [0.25, 0.3) is 0 Å². The van der Waals surface area contributed by atoms with Crippen LogP contribution in [0.25, 0.3) is 0 Å². The van der Waals surface area contributed by atoms with Crippen LogP contribution in [0.3, 0.4) is 0 Å². The van der Waals surface area contributed by atoms with Gasteiger partial charge in [0.1, 0.15) is 0 Å². The van der Waals surface area contributed by atoms with E-state index in [-0.39, 0.29) is 0 Å². The molecule has 0 radical (unpaired) electrons. The first-order valence-electron chi connectivity index (χ1n) is 6.24. The van der Waals surface area contributed by atoms with Crippen LogP contribution in [0, 0.1) is 0 Å². The maximum atomic E-state index is 12.1. The molecule has 1 rings (SSSR count). The molecule has 94 valence electrons. The van der Waals surface area contributed by atoms with Gasteiger partial charge in [-0.1, -0.05) is 13.8 Å². The molecule has 1 saturated heterocycles. The van der Waals surface area contributed by atoms with Crippen LogP contribution < -0.4 is 5.32 Å². The average molecular weight is 244 g/mol. The van der Waals surface area contributed by atoms with Crippen LogP contribution in [0.5, 0.6) is 0 Å². The summed E-state index contributed by atoms with van der Waals surface area (Å²) in [6.45, 7) is 6.18. The van der Waals surface area contributed by atoms with E-state index < -0.39 is 0 Å². The minimum absolute atomic E-state index is 0.334. The van der Waals surface area contributed by atoms with E-state index in [4.69, 9.17) is 0 Å². The second-order valence-corrected chi connectivity index (χ2v) is 5.35. The van der Waals surface area contributed by atoms with Crippen molar-refractivity contribution in [1.29, 1.82) is 0 Å². The lowest BCUT2D eigenvalue weighted by atomic mass is 10.0. The fraction of sp³-hybridized carbons (Fsp3) is 0.917. The van der Waals surface area contributed by atoms with Gasteiger partial charge in [0, 0.05) is 37.3 Å². The zero-order chi connectivity index (χ0) is 12.0. The summed E-state index contributed by atoms with van der Waals surface area (Å²) in [5.74, 6) is 1.27. The summed E-state index contributed by atoms with van der Waals surface area (Å²) in [6.07, 6.45) is 4.89. The highest BCUT2D eigenvalue weighted by atomic mass is 32.2. The van der Waals surface area contributed by atoms with Crippen molar-refractivity contribution in [2.75, 3.05) is 25.1 Å². The summed E-state index contributed by atoms with van der Waals surface area (Å²) < 4.78 is 0. The fourth-order valence-corrected chi connectivity index (χ4v) is 2.52. The molecule has 2 unspecified atom stereocenters. The number of carbonyl (C=O) groups excluding carboxylic acids is 1. The van der Waals surface area contributed by atoms with Crippen LogP contribution in [-0.4, -0.2) is 48.0 Å². The van der Waals surface area contributed by atoms with Crippen molar-refractivity contribution in [3.05, 3.63) is 0 Å². The average Bonchev–Trinajstić information content (AvgIpc) is 2.35. The maximum Gasteiger partial charge on any atom is 0.223 e. The smallest absolute Gasteiger partial charge is 0.223 e. The zero-order valence-electron chi connectivity index (χ0n) is 10.7. The van der Waals surface area contributed by atoms with Gasteiger partial charge in [-0.15, -0.1) is 0 Å². The van der Waals surface area contributed by atoms with Crippen LogP contribution in [0.1, 0.15) is 33.1 Å². The molecule has 16 heavy (non-hydrogen) atoms. The van der Waals surface area contributed by atoms with Gasteiger partial charge >= 0.3 is 0 Å². The fourth-order valence-electron chi connectivity index (χ4n) is 2.14.